The molecule has 0 spiro atoms. The number of nitrogens with two attached hydrogens (primary N) is 1. The summed E-state index contributed by atoms with van der Waals surface area (Å²) >= 11 is 0. The first-order valence-electron chi connectivity index (χ1n) is 3.84. The zero-order valence-corrected chi connectivity index (χ0v) is 6.47. The second kappa shape index (κ2) is 2.85. The molecule has 0 bridgehead atoms. The Bertz CT molecular complexity index is 249. The van der Waals surface area contributed by atoms with Gasteiger partial charge in [-0.2, -0.15) is 0 Å². The number of nitrogens with one attached hydrogen (secondary N) is 1. The van der Waals surface area contributed by atoms with Crippen LogP contribution in [0.3, 0.4) is 0 Å². The Morgan fingerprint density at radius 3 is 3.08 bits per heavy atom. The summed E-state index contributed by atoms with van der Waals surface area (Å²) in [5.74, 6) is 0. The molecule has 1 saturated heterocycles. The summed E-state index contributed by atoms with van der Waals surface area (Å²) in [6.45, 7) is 0. The predicted octanol–water partition coefficient (Wildman–Crippen LogP) is -1.00. The molecule has 3 atom stereocenters. The summed E-state index contributed by atoms with van der Waals surface area (Å²) in [7, 11) is 0. The fourth-order valence-corrected chi connectivity index (χ4v) is 1.19. The number of aliphatic hydroxyl groups is 1. The lowest BCUT2D eigenvalue weighted by Crippen LogP contribution is -2.30. The van der Waals surface area contributed by atoms with E-state index in [1.165, 1.54) is 0 Å². The molecule has 5 heteroatoms. The summed E-state index contributed by atoms with van der Waals surface area (Å²) in [5, 5.41) is 8.90. The number of imidazole rings is 1. The Labute approximate surface area is 69.6 Å². The molecular formula is C7H11N3O2. The van der Waals surface area contributed by atoms with Gasteiger partial charge in [0, 0.05) is 18.7 Å². The number of H-pyrrole nitrogens is 1. The van der Waals surface area contributed by atoms with Crippen molar-refractivity contribution in [2.75, 3.05) is 0 Å². The van der Waals surface area contributed by atoms with Crippen molar-refractivity contribution >= 4 is 0 Å². The van der Waals surface area contributed by atoms with Crippen molar-refractivity contribution < 1.29 is 9.84 Å². The number of rotatable bonds is 3. The van der Waals surface area contributed by atoms with Gasteiger partial charge in [-0.05, 0) is 0 Å². The fraction of sp³-hybridized carbons (Fsp3) is 0.571. The van der Waals surface area contributed by atoms with Crippen LogP contribution in [-0.2, 0) is 11.2 Å². The number of epoxide rings is 1. The highest BCUT2D eigenvalue weighted by Gasteiger charge is 2.42. The Balaban J connectivity index is 1.87. The van der Waals surface area contributed by atoms with Crippen LogP contribution >= 0.6 is 0 Å². The minimum Gasteiger partial charge on any atom is -0.366 e. The number of aromatic nitrogens is 2. The summed E-state index contributed by atoms with van der Waals surface area (Å²) in [6.07, 6.45) is 3.15. The lowest BCUT2D eigenvalue weighted by atomic mass is 10.1. The highest BCUT2D eigenvalue weighted by molar-refractivity contribution is 5.01. The highest BCUT2D eigenvalue weighted by Crippen LogP contribution is 2.22. The zero-order valence-electron chi connectivity index (χ0n) is 6.47. The van der Waals surface area contributed by atoms with Gasteiger partial charge in [-0.25, -0.2) is 4.98 Å². The quantitative estimate of drug-likeness (QED) is 0.506. The van der Waals surface area contributed by atoms with Crippen LogP contribution in [0, 0.1) is 0 Å². The van der Waals surface area contributed by atoms with Crippen LogP contribution in [0.15, 0.2) is 12.5 Å². The van der Waals surface area contributed by atoms with Gasteiger partial charge in [-0.3, -0.25) is 0 Å². The topological polar surface area (TPSA) is 87.5 Å². The minimum atomic E-state index is -0.668. The van der Waals surface area contributed by atoms with E-state index in [1.807, 2.05) is 0 Å². The maximum atomic E-state index is 8.90. The molecule has 66 valence electrons. The molecule has 5 nitrogen and oxygen atoms in total. The van der Waals surface area contributed by atoms with Gasteiger partial charge in [0.2, 0.25) is 0 Å². The Hall–Kier alpha value is -0.910. The first-order chi connectivity index (χ1) is 5.77. The van der Waals surface area contributed by atoms with Crippen molar-refractivity contribution in [1.82, 2.24) is 9.97 Å². The van der Waals surface area contributed by atoms with Gasteiger partial charge in [0.05, 0.1) is 12.0 Å². The fourth-order valence-electron chi connectivity index (χ4n) is 1.19. The van der Waals surface area contributed by atoms with Crippen molar-refractivity contribution in [1.29, 1.82) is 0 Å². The second-order valence-corrected chi connectivity index (χ2v) is 2.92. The lowest BCUT2D eigenvalue weighted by Gasteiger charge is -2.04. The van der Waals surface area contributed by atoms with Crippen LogP contribution < -0.4 is 5.73 Å². The maximum Gasteiger partial charge on any atom is 0.183 e. The second-order valence-electron chi connectivity index (χ2n) is 2.92. The monoisotopic (exact) mass is 169 g/mol. The third-order valence-electron chi connectivity index (χ3n) is 1.92. The first-order valence-corrected chi connectivity index (χ1v) is 3.84. The van der Waals surface area contributed by atoms with Crippen LogP contribution in [0.4, 0.5) is 0 Å². The average molecular weight is 169 g/mol. The molecule has 1 fully saturated rings. The molecule has 0 radical (unpaired) electrons. The molecular weight excluding hydrogens is 158 g/mol. The number of aromatic amines is 1. The van der Waals surface area contributed by atoms with Gasteiger partial charge in [-0.15, -0.1) is 0 Å². The lowest BCUT2D eigenvalue weighted by molar-refractivity contribution is 0.155. The van der Waals surface area contributed by atoms with Gasteiger partial charge >= 0.3 is 0 Å². The van der Waals surface area contributed by atoms with Gasteiger partial charge < -0.3 is 20.6 Å². The van der Waals surface area contributed by atoms with E-state index in [9.17, 15) is 0 Å². The Morgan fingerprint density at radius 1 is 1.83 bits per heavy atom. The number of nitrogens with zero attached hydrogens (tertiary/aromatic N) is 1. The van der Waals surface area contributed by atoms with Crippen molar-refractivity contribution in [2.45, 2.75) is 24.9 Å². The molecule has 0 amide bonds. The summed E-state index contributed by atoms with van der Waals surface area (Å²) in [4.78, 5) is 6.85. The maximum absolute atomic E-state index is 8.90. The zero-order chi connectivity index (χ0) is 8.55. The molecule has 0 aromatic carbocycles. The third kappa shape index (κ3) is 1.47. The third-order valence-corrected chi connectivity index (χ3v) is 1.92. The van der Waals surface area contributed by atoms with Crippen LogP contribution in [0.2, 0.25) is 0 Å². The van der Waals surface area contributed by atoms with Crippen molar-refractivity contribution in [3.8, 4) is 0 Å². The van der Waals surface area contributed by atoms with Crippen LogP contribution in [0.25, 0.3) is 0 Å². The van der Waals surface area contributed by atoms with Gasteiger partial charge in [0.1, 0.15) is 6.10 Å². The van der Waals surface area contributed by atoms with E-state index in [-0.39, 0.29) is 12.1 Å². The predicted molar refractivity (Wildman–Crippen MR) is 41.1 cm³/mol. The molecule has 1 aromatic rings. The van der Waals surface area contributed by atoms with Crippen molar-refractivity contribution in [2.24, 2.45) is 5.73 Å². The van der Waals surface area contributed by atoms with Gasteiger partial charge in [0.25, 0.3) is 0 Å². The number of ether oxygens (including phenoxy) is 1. The van der Waals surface area contributed by atoms with Crippen LogP contribution in [-0.4, -0.2) is 33.5 Å². The summed E-state index contributed by atoms with van der Waals surface area (Å²) in [5.41, 5.74) is 6.62. The number of hydrogen-bond acceptors (Lipinski definition) is 4. The van der Waals surface area contributed by atoms with Crippen LogP contribution in [0.1, 0.15) is 5.69 Å². The number of aliphatic hydroxyl groups excluding tert-OH is 1. The molecule has 1 aliphatic rings. The molecule has 2 heterocycles. The van der Waals surface area contributed by atoms with E-state index in [0.717, 1.165) is 5.69 Å². The Kier molecular flexibility index (Phi) is 1.84. The first kappa shape index (κ1) is 7.72. The van der Waals surface area contributed by atoms with E-state index in [0.29, 0.717) is 6.42 Å². The van der Waals surface area contributed by atoms with E-state index in [2.05, 4.69) is 9.97 Å². The van der Waals surface area contributed by atoms with E-state index < -0.39 is 6.29 Å². The van der Waals surface area contributed by atoms with Crippen molar-refractivity contribution in [3.63, 3.8) is 0 Å². The van der Waals surface area contributed by atoms with E-state index >= 15 is 0 Å². The smallest absolute Gasteiger partial charge is 0.183 e. The van der Waals surface area contributed by atoms with Gasteiger partial charge in [0.15, 0.2) is 6.29 Å². The van der Waals surface area contributed by atoms with E-state index in [4.69, 9.17) is 15.6 Å². The minimum absolute atomic E-state index is 0.164. The summed E-state index contributed by atoms with van der Waals surface area (Å²) < 4.78 is 4.82. The normalized spacial score (nSPS) is 30.2. The van der Waals surface area contributed by atoms with Crippen LogP contribution in [0.5, 0.6) is 0 Å². The summed E-state index contributed by atoms with van der Waals surface area (Å²) in [6, 6.07) is -0.164. The SMILES string of the molecule is NC(Cc1c[nH]cn1)C1OC1O. The molecule has 1 aromatic heterocycles. The molecule has 0 saturated carbocycles. The molecule has 1 aliphatic heterocycles. The molecule has 12 heavy (non-hydrogen) atoms. The molecule has 3 unspecified atom stereocenters. The van der Waals surface area contributed by atoms with E-state index in [1.54, 1.807) is 12.5 Å². The standard InChI is InChI=1S/C7H11N3O2/c8-5(6-7(11)12-6)1-4-2-9-3-10-4/h2-3,5-7,11H,1,8H2,(H,9,10). The molecule has 0 aliphatic carbocycles. The highest BCUT2D eigenvalue weighted by atomic mass is 16.7. The largest absolute Gasteiger partial charge is 0.366 e. The molecule has 4 N–H and O–H groups in total. The Morgan fingerprint density at radius 2 is 2.58 bits per heavy atom. The molecule has 2 rings (SSSR count). The average Bonchev–Trinajstić information content (AvgIpc) is 2.58. The van der Waals surface area contributed by atoms with Crippen molar-refractivity contribution in [3.05, 3.63) is 18.2 Å². The number of hydrogen-bond donors (Lipinski definition) is 3. The van der Waals surface area contributed by atoms with Gasteiger partial charge in [-0.1, -0.05) is 0 Å².